The van der Waals surface area contributed by atoms with Crippen LogP contribution in [0.25, 0.3) is 23.3 Å². The molecule has 0 N–H and O–H groups in total. The van der Waals surface area contributed by atoms with Gasteiger partial charge in [0.05, 0.1) is 0 Å². The van der Waals surface area contributed by atoms with Gasteiger partial charge in [-0.3, -0.25) is 4.98 Å². The Hall–Kier alpha value is -3.77. The summed E-state index contributed by atoms with van der Waals surface area (Å²) in [6.45, 7) is 1.89. The summed E-state index contributed by atoms with van der Waals surface area (Å²) < 4.78 is 31.0. The third-order valence-electron chi connectivity index (χ3n) is 4.63. The van der Waals surface area contributed by atoms with Crippen LogP contribution in [0.1, 0.15) is 16.7 Å². The lowest BCUT2D eigenvalue weighted by molar-refractivity contribution is 0.475. The molecule has 0 aliphatic rings. The van der Waals surface area contributed by atoms with Crippen LogP contribution < -0.4 is 4.18 Å². The second-order valence-corrected chi connectivity index (χ2v) is 8.50. The monoisotopic (exact) mass is 428 g/mol. The molecule has 0 saturated carbocycles. The fraction of sp³-hybridized carbons (Fsp3) is 0.0400. The molecule has 0 aliphatic heterocycles. The molecule has 2 heterocycles. The van der Waals surface area contributed by atoms with Crippen molar-refractivity contribution in [3.63, 3.8) is 0 Å². The van der Waals surface area contributed by atoms with Gasteiger partial charge in [-0.1, -0.05) is 60.2 Å². The molecule has 2 aromatic heterocycles. The van der Waals surface area contributed by atoms with Gasteiger partial charge in [-0.25, -0.2) is 4.98 Å². The van der Waals surface area contributed by atoms with Crippen LogP contribution in [0.4, 0.5) is 0 Å². The van der Waals surface area contributed by atoms with Gasteiger partial charge in [-0.2, -0.15) is 8.42 Å². The molecule has 6 heteroatoms. The predicted octanol–water partition coefficient (Wildman–Crippen LogP) is 5.39. The lowest BCUT2D eigenvalue weighted by Crippen LogP contribution is -2.11. The van der Waals surface area contributed by atoms with Crippen molar-refractivity contribution in [3.05, 3.63) is 108 Å². The smallest absolute Gasteiger partial charge is 0.340 e. The minimum Gasteiger partial charge on any atom is -0.358 e. The average molecular weight is 429 g/mol. The van der Waals surface area contributed by atoms with E-state index in [4.69, 9.17) is 4.18 Å². The number of hydrogen-bond donors (Lipinski definition) is 0. The van der Waals surface area contributed by atoms with Crippen LogP contribution in [-0.4, -0.2) is 18.4 Å². The summed E-state index contributed by atoms with van der Waals surface area (Å²) in [6, 6.07) is 21.8. The van der Waals surface area contributed by atoms with Gasteiger partial charge >= 0.3 is 10.1 Å². The van der Waals surface area contributed by atoms with Crippen LogP contribution in [0.15, 0.2) is 96.3 Å². The van der Waals surface area contributed by atoms with E-state index in [0.717, 1.165) is 22.3 Å². The Labute approximate surface area is 181 Å². The first-order valence-electron chi connectivity index (χ1n) is 9.66. The van der Waals surface area contributed by atoms with E-state index in [-0.39, 0.29) is 10.8 Å². The highest BCUT2D eigenvalue weighted by atomic mass is 32.2. The van der Waals surface area contributed by atoms with Crippen LogP contribution in [0.5, 0.6) is 5.88 Å². The van der Waals surface area contributed by atoms with Gasteiger partial charge < -0.3 is 4.18 Å². The van der Waals surface area contributed by atoms with Crippen molar-refractivity contribution < 1.29 is 12.6 Å². The van der Waals surface area contributed by atoms with Crippen LogP contribution >= 0.6 is 0 Å². The van der Waals surface area contributed by atoms with Crippen LogP contribution in [0, 0.1) is 6.92 Å². The number of aryl methyl sites for hydroxylation is 1. The highest BCUT2D eigenvalue weighted by Crippen LogP contribution is 2.28. The number of hydrogen-bond acceptors (Lipinski definition) is 5. The zero-order valence-corrected chi connectivity index (χ0v) is 17.7. The Morgan fingerprint density at radius 2 is 1.61 bits per heavy atom. The van der Waals surface area contributed by atoms with Crippen molar-refractivity contribution in [2.24, 2.45) is 0 Å². The molecule has 0 spiro atoms. The highest BCUT2D eigenvalue weighted by molar-refractivity contribution is 7.87. The van der Waals surface area contributed by atoms with E-state index in [1.807, 2.05) is 61.5 Å². The minimum absolute atomic E-state index is 0.0143. The Morgan fingerprint density at radius 1 is 0.839 bits per heavy atom. The predicted molar refractivity (Wildman–Crippen MR) is 122 cm³/mol. The molecular formula is C25H20N2O3S. The standard InChI is InChI=1S/C25H20N2O3S/c1-19-9-13-24(14-10-19)31(28,29)30-25-21(12-11-20-6-3-2-4-7-20)16-23(18-27-25)22-8-5-15-26-17-22/h2-18H,1H3/b12-11+. The molecule has 0 unspecified atom stereocenters. The number of pyridine rings is 2. The topological polar surface area (TPSA) is 69.2 Å². The molecule has 0 bridgehead atoms. The summed E-state index contributed by atoms with van der Waals surface area (Å²) in [5, 5.41) is 0. The number of benzene rings is 2. The quantitative estimate of drug-likeness (QED) is 0.385. The maximum absolute atomic E-state index is 12.8. The number of nitrogens with zero attached hydrogens (tertiary/aromatic N) is 2. The third kappa shape index (κ3) is 5.05. The first kappa shape index (κ1) is 20.5. The lowest BCUT2D eigenvalue weighted by atomic mass is 10.1. The van der Waals surface area contributed by atoms with Gasteiger partial charge in [0.25, 0.3) is 0 Å². The van der Waals surface area contributed by atoms with Gasteiger partial charge in [-0.05, 0) is 42.8 Å². The second kappa shape index (κ2) is 8.93. The van der Waals surface area contributed by atoms with Gasteiger partial charge in [-0.15, -0.1) is 0 Å². The summed E-state index contributed by atoms with van der Waals surface area (Å²) in [7, 11) is -4.02. The van der Waals surface area contributed by atoms with Crippen molar-refractivity contribution in [1.29, 1.82) is 0 Å². The normalized spacial score (nSPS) is 11.5. The van der Waals surface area contributed by atoms with E-state index in [1.54, 1.807) is 36.8 Å². The van der Waals surface area contributed by atoms with Crippen LogP contribution in [0.3, 0.4) is 0 Å². The van der Waals surface area contributed by atoms with Crippen molar-refractivity contribution >= 4 is 22.3 Å². The zero-order chi connectivity index (χ0) is 21.7. The summed E-state index contributed by atoms with van der Waals surface area (Å²) in [4.78, 5) is 8.53. The van der Waals surface area contributed by atoms with E-state index in [2.05, 4.69) is 9.97 Å². The van der Waals surface area contributed by atoms with Gasteiger partial charge in [0.1, 0.15) is 4.90 Å². The molecule has 31 heavy (non-hydrogen) atoms. The molecule has 4 aromatic rings. The minimum atomic E-state index is -4.02. The summed E-state index contributed by atoms with van der Waals surface area (Å²) in [5.41, 5.74) is 4.16. The molecule has 5 nitrogen and oxygen atoms in total. The maximum Gasteiger partial charge on any atom is 0.340 e. The Bertz CT molecular complexity index is 1300. The Morgan fingerprint density at radius 3 is 2.32 bits per heavy atom. The van der Waals surface area contributed by atoms with Crippen LogP contribution in [-0.2, 0) is 10.1 Å². The van der Waals surface area contributed by atoms with E-state index in [9.17, 15) is 8.42 Å². The fourth-order valence-electron chi connectivity index (χ4n) is 2.96. The second-order valence-electron chi connectivity index (χ2n) is 6.95. The largest absolute Gasteiger partial charge is 0.358 e. The first-order valence-corrected chi connectivity index (χ1v) is 11.1. The Balaban J connectivity index is 1.73. The molecule has 154 valence electrons. The van der Waals surface area contributed by atoms with Gasteiger partial charge in [0.2, 0.25) is 5.88 Å². The maximum atomic E-state index is 12.8. The molecule has 4 rings (SSSR count). The van der Waals surface area contributed by atoms with Crippen molar-refractivity contribution in [2.75, 3.05) is 0 Å². The molecule has 2 aromatic carbocycles. The van der Waals surface area contributed by atoms with E-state index in [0.29, 0.717) is 5.56 Å². The molecular weight excluding hydrogens is 408 g/mol. The molecule has 0 atom stereocenters. The summed E-state index contributed by atoms with van der Waals surface area (Å²) >= 11 is 0. The van der Waals surface area contributed by atoms with Crippen molar-refractivity contribution in [1.82, 2.24) is 9.97 Å². The SMILES string of the molecule is Cc1ccc(S(=O)(=O)Oc2ncc(-c3cccnc3)cc2/C=C/c2ccccc2)cc1. The molecule has 0 radical (unpaired) electrons. The molecule has 0 amide bonds. The zero-order valence-electron chi connectivity index (χ0n) is 16.8. The first-order chi connectivity index (χ1) is 15.0. The fourth-order valence-corrected chi connectivity index (χ4v) is 3.87. The molecule has 0 fully saturated rings. The van der Waals surface area contributed by atoms with Crippen LogP contribution in [0.2, 0.25) is 0 Å². The van der Waals surface area contributed by atoms with E-state index in [1.165, 1.54) is 12.1 Å². The third-order valence-corrected chi connectivity index (χ3v) is 5.85. The number of rotatable bonds is 6. The number of aromatic nitrogens is 2. The van der Waals surface area contributed by atoms with Gasteiger partial charge in [0, 0.05) is 35.3 Å². The average Bonchev–Trinajstić information content (AvgIpc) is 2.80. The van der Waals surface area contributed by atoms with E-state index < -0.39 is 10.1 Å². The van der Waals surface area contributed by atoms with Gasteiger partial charge in [0.15, 0.2) is 0 Å². The Kier molecular flexibility index (Phi) is 5.91. The molecule has 0 aliphatic carbocycles. The summed E-state index contributed by atoms with van der Waals surface area (Å²) in [5.74, 6) is 0.0143. The summed E-state index contributed by atoms with van der Waals surface area (Å²) in [6.07, 6.45) is 8.68. The molecule has 0 saturated heterocycles. The van der Waals surface area contributed by atoms with Crippen molar-refractivity contribution in [3.8, 4) is 17.0 Å². The lowest BCUT2D eigenvalue weighted by Gasteiger charge is -2.10. The highest BCUT2D eigenvalue weighted by Gasteiger charge is 2.19. The van der Waals surface area contributed by atoms with E-state index >= 15 is 0 Å². The van der Waals surface area contributed by atoms with Crippen molar-refractivity contribution in [2.45, 2.75) is 11.8 Å².